The first-order chi connectivity index (χ1) is 15.9. The molecule has 34 heavy (non-hydrogen) atoms. The molecule has 2 aliphatic heterocycles. The van der Waals surface area contributed by atoms with Crippen LogP contribution >= 0.6 is 0 Å². The van der Waals surface area contributed by atoms with Crippen LogP contribution in [0.3, 0.4) is 0 Å². The van der Waals surface area contributed by atoms with E-state index in [0.29, 0.717) is 31.7 Å². The number of amides is 2. The lowest BCUT2D eigenvalue weighted by Crippen LogP contribution is -2.57. The van der Waals surface area contributed by atoms with Crippen molar-refractivity contribution in [3.05, 3.63) is 35.4 Å². The van der Waals surface area contributed by atoms with Gasteiger partial charge in [0.1, 0.15) is 0 Å². The second-order valence-electron chi connectivity index (χ2n) is 10.2. The molecule has 2 amide bonds. The fourth-order valence-electron chi connectivity index (χ4n) is 4.32. The Morgan fingerprint density at radius 2 is 1.53 bits per heavy atom. The molecule has 0 saturated carbocycles. The number of morpholine rings is 1. The zero-order valence-corrected chi connectivity index (χ0v) is 21.7. The maximum atomic E-state index is 13.0. The zero-order valence-electron chi connectivity index (χ0n) is 20.9. The SMILES string of the molecule is CC1CN(S(=O)(=O)N2CCN(C(=O)CCNC(=O)c3ccc(C(C)(C)C)cc3)CC2)CC(C)O1. The molecule has 0 aliphatic carbocycles. The predicted molar refractivity (Wildman–Crippen MR) is 131 cm³/mol. The highest BCUT2D eigenvalue weighted by atomic mass is 32.2. The number of benzene rings is 1. The van der Waals surface area contributed by atoms with Gasteiger partial charge in [0.15, 0.2) is 0 Å². The van der Waals surface area contributed by atoms with E-state index in [1.165, 1.54) is 8.61 Å². The third kappa shape index (κ3) is 6.56. The van der Waals surface area contributed by atoms with Gasteiger partial charge in [-0.05, 0) is 37.0 Å². The van der Waals surface area contributed by atoms with Crippen LogP contribution in [0.15, 0.2) is 24.3 Å². The molecule has 2 atom stereocenters. The van der Waals surface area contributed by atoms with Crippen molar-refractivity contribution in [2.75, 3.05) is 45.8 Å². The maximum absolute atomic E-state index is 13.0. The summed E-state index contributed by atoms with van der Waals surface area (Å²) in [5.74, 6) is -0.299. The molecule has 2 unspecified atom stereocenters. The van der Waals surface area contributed by atoms with Crippen molar-refractivity contribution in [1.82, 2.24) is 18.8 Å². The lowest BCUT2D eigenvalue weighted by atomic mass is 9.87. The van der Waals surface area contributed by atoms with Crippen LogP contribution in [0.5, 0.6) is 0 Å². The summed E-state index contributed by atoms with van der Waals surface area (Å²) in [6, 6.07) is 7.50. The highest BCUT2D eigenvalue weighted by Crippen LogP contribution is 2.22. The minimum atomic E-state index is -3.58. The van der Waals surface area contributed by atoms with E-state index in [1.807, 2.05) is 26.0 Å². The summed E-state index contributed by atoms with van der Waals surface area (Å²) in [7, 11) is -3.58. The normalized spacial score (nSPS) is 23.0. The number of nitrogens with zero attached hydrogens (tertiary/aromatic N) is 3. The maximum Gasteiger partial charge on any atom is 0.282 e. The Balaban J connectivity index is 1.43. The average molecular weight is 495 g/mol. The van der Waals surface area contributed by atoms with E-state index in [-0.39, 0.29) is 55.5 Å². The van der Waals surface area contributed by atoms with Crippen LogP contribution in [-0.4, -0.2) is 91.8 Å². The van der Waals surface area contributed by atoms with Crippen LogP contribution < -0.4 is 5.32 Å². The molecule has 2 fully saturated rings. The molecule has 2 saturated heterocycles. The van der Waals surface area contributed by atoms with Gasteiger partial charge in [-0.15, -0.1) is 0 Å². The molecular formula is C24H38N4O5S. The lowest BCUT2D eigenvalue weighted by Gasteiger charge is -2.40. The fraction of sp³-hybridized carbons (Fsp3) is 0.667. The molecule has 10 heteroatoms. The van der Waals surface area contributed by atoms with Gasteiger partial charge in [0.2, 0.25) is 5.91 Å². The fourth-order valence-corrected chi connectivity index (χ4v) is 6.06. The molecule has 9 nitrogen and oxygen atoms in total. The molecular weight excluding hydrogens is 456 g/mol. The largest absolute Gasteiger partial charge is 0.373 e. The summed E-state index contributed by atoms with van der Waals surface area (Å²) in [5.41, 5.74) is 1.73. The third-order valence-corrected chi connectivity index (χ3v) is 8.24. The number of hydrogen-bond donors (Lipinski definition) is 1. The van der Waals surface area contributed by atoms with E-state index < -0.39 is 10.2 Å². The number of ether oxygens (including phenoxy) is 1. The first kappa shape index (κ1) is 26.6. The van der Waals surface area contributed by atoms with Crippen LogP contribution in [0.2, 0.25) is 0 Å². The standard InChI is InChI=1S/C24H38N4O5S/c1-18-16-28(17-19(2)33-18)34(31,32)27-14-12-26(13-15-27)22(29)10-11-25-23(30)20-6-8-21(9-7-20)24(3,4)5/h6-9,18-19H,10-17H2,1-5H3,(H,25,30). The van der Waals surface area contributed by atoms with Gasteiger partial charge in [0.05, 0.1) is 12.2 Å². The Morgan fingerprint density at radius 1 is 0.971 bits per heavy atom. The van der Waals surface area contributed by atoms with Crippen molar-refractivity contribution in [2.24, 2.45) is 0 Å². The molecule has 2 aliphatic rings. The predicted octanol–water partition coefficient (Wildman–Crippen LogP) is 1.60. The molecule has 2 heterocycles. The average Bonchev–Trinajstić information content (AvgIpc) is 2.78. The van der Waals surface area contributed by atoms with Gasteiger partial charge in [-0.1, -0.05) is 32.9 Å². The molecule has 0 spiro atoms. The van der Waals surface area contributed by atoms with Gasteiger partial charge in [-0.25, -0.2) is 0 Å². The van der Waals surface area contributed by atoms with Crippen molar-refractivity contribution >= 4 is 22.0 Å². The highest BCUT2D eigenvalue weighted by molar-refractivity contribution is 7.86. The summed E-state index contributed by atoms with van der Waals surface area (Å²) in [6.07, 6.45) is -0.113. The first-order valence-electron chi connectivity index (χ1n) is 11.9. The Morgan fingerprint density at radius 3 is 2.06 bits per heavy atom. The van der Waals surface area contributed by atoms with Crippen LogP contribution in [-0.2, 0) is 25.2 Å². The second-order valence-corrected chi connectivity index (χ2v) is 12.1. The number of piperazine rings is 1. The van der Waals surface area contributed by atoms with Crippen molar-refractivity contribution in [1.29, 1.82) is 0 Å². The van der Waals surface area contributed by atoms with Gasteiger partial charge in [-0.2, -0.15) is 17.0 Å². The molecule has 1 aromatic rings. The van der Waals surface area contributed by atoms with Gasteiger partial charge in [0, 0.05) is 57.8 Å². The zero-order chi connectivity index (χ0) is 25.1. The smallest absolute Gasteiger partial charge is 0.282 e. The number of nitrogens with one attached hydrogen (secondary N) is 1. The Labute approximate surface area is 203 Å². The third-order valence-electron chi connectivity index (χ3n) is 6.27. The first-order valence-corrected chi connectivity index (χ1v) is 13.3. The van der Waals surface area contributed by atoms with E-state index in [4.69, 9.17) is 4.74 Å². The van der Waals surface area contributed by atoms with E-state index in [0.717, 1.165) is 5.56 Å². The van der Waals surface area contributed by atoms with Crippen LogP contribution in [0.1, 0.15) is 57.0 Å². The summed E-state index contributed by atoms with van der Waals surface area (Å²) < 4.78 is 34.6. The monoisotopic (exact) mass is 494 g/mol. The molecule has 3 rings (SSSR count). The van der Waals surface area contributed by atoms with Gasteiger partial charge >= 0.3 is 0 Å². The minimum absolute atomic E-state index is 0.0177. The molecule has 0 bridgehead atoms. The summed E-state index contributed by atoms with van der Waals surface area (Å²) >= 11 is 0. The second kappa shape index (κ2) is 10.7. The van der Waals surface area contributed by atoms with E-state index in [1.54, 1.807) is 17.0 Å². The van der Waals surface area contributed by atoms with E-state index in [9.17, 15) is 18.0 Å². The Bertz CT molecular complexity index is 956. The molecule has 1 aromatic carbocycles. The summed E-state index contributed by atoms with van der Waals surface area (Å²) in [4.78, 5) is 26.7. The summed E-state index contributed by atoms with van der Waals surface area (Å²) in [6.45, 7) is 12.2. The minimum Gasteiger partial charge on any atom is -0.373 e. The number of carbonyl (C=O) groups is 2. The summed E-state index contributed by atoms with van der Waals surface area (Å²) in [5, 5.41) is 2.80. The van der Waals surface area contributed by atoms with Crippen molar-refractivity contribution in [2.45, 2.75) is 58.7 Å². The topological polar surface area (TPSA) is 99.3 Å². The quantitative estimate of drug-likeness (QED) is 0.648. The van der Waals surface area contributed by atoms with Crippen molar-refractivity contribution in [3.63, 3.8) is 0 Å². The lowest BCUT2D eigenvalue weighted by molar-refractivity contribution is -0.132. The highest BCUT2D eigenvalue weighted by Gasteiger charge is 2.37. The van der Waals surface area contributed by atoms with Crippen LogP contribution in [0.4, 0.5) is 0 Å². The number of rotatable bonds is 6. The molecule has 1 N–H and O–H groups in total. The molecule has 190 valence electrons. The Kier molecular flexibility index (Phi) is 8.38. The molecule has 0 radical (unpaired) electrons. The van der Waals surface area contributed by atoms with Gasteiger partial charge < -0.3 is 15.0 Å². The van der Waals surface area contributed by atoms with Crippen LogP contribution in [0, 0.1) is 0 Å². The van der Waals surface area contributed by atoms with Crippen molar-refractivity contribution < 1.29 is 22.7 Å². The molecule has 0 aromatic heterocycles. The van der Waals surface area contributed by atoms with E-state index >= 15 is 0 Å². The van der Waals surface area contributed by atoms with Crippen molar-refractivity contribution in [3.8, 4) is 0 Å². The van der Waals surface area contributed by atoms with E-state index in [2.05, 4.69) is 26.1 Å². The van der Waals surface area contributed by atoms with Gasteiger partial charge in [-0.3, -0.25) is 9.59 Å². The number of carbonyl (C=O) groups excluding carboxylic acids is 2. The Hall–Kier alpha value is -2.01. The number of hydrogen-bond acceptors (Lipinski definition) is 5. The van der Waals surface area contributed by atoms with Gasteiger partial charge in [0.25, 0.3) is 16.1 Å². The van der Waals surface area contributed by atoms with Crippen LogP contribution in [0.25, 0.3) is 0 Å².